The topological polar surface area (TPSA) is 94.2 Å². The smallest absolute Gasteiger partial charge is 0.338 e. The summed E-state index contributed by atoms with van der Waals surface area (Å²) in [6.07, 6.45) is 0. The fourth-order valence-electron chi connectivity index (χ4n) is 2.54. The van der Waals surface area contributed by atoms with Crippen LogP contribution in [-0.4, -0.2) is 56.6 Å². The molecule has 0 fully saturated rings. The molecule has 0 radical (unpaired) electrons. The standard InChI is InChI=1S/C20H20N2O6/c1-22(2)19(24)13-3-6-15(7-4-13)21-18(23)12-28-20(25)14-5-8-16-17(11-14)27-10-9-26-16/h3-8,11H,9-10,12H2,1-2H3,(H,21,23). The molecular weight excluding hydrogens is 364 g/mol. The van der Waals surface area contributed by atoms with E-state index in [1.54, 1.807) is 50.5 Å². The lowest BCUT2D eigenvalue weighted by Crippen LogP contribution is -2.22. The molecule has 0 bridgehead atoms. The van der Waals surface area contributed by atoms with Gasteiger partial charge in [0.25, 0.3) is 11.8 Å². The highest BCUT2D eigenvalue weighted by Gasteiger charge is 2.17. The van der Waals surface area contributed by atoms with Gasteiger partial charge in [0.2, 0.25) is 0 Å². The first kappa shape index (κ1) is 19.2. The van der Waals surface area contributed by atoms with Crippen molar-refractivity contribution in [3.8, 4) is 11.5 Å². The third-order valence-corrected chi connectivity index (χ3v) is 3.93. The number of esters is 1. The number of anilines is 1. The van der Waals surface area contributed by atoms with E-state index >= 15 is 0 Å². The monoisotopic (exact) mass is 384 g/mol. The molecule has 2 aromatic rings. The number of hydrogen-bond donors (Lipinski definition) is 1. The molecule has 2 aromatic carbocycles. The second-order valence-corrected chi connectivity index (χ2v) is 6.26. The Bertz CT molecular complexity index is 892. The van der Waals surface area contributed by atoms with Crippen molar-refractivity contribution in [2.75, 3.05) is 39.2 Å². The van der Waals surface area contributed by atoms with Gasteiger partial charge in [-0.25, -0.2) is 4.79 Å². The van der Waals surface area contributed by atoms with Crippen molar-refractivity contribution in [2.45, 2.75) is 0 Å². The van der Waals surface area contributed by atoms with Crippen molar-refractivity contribution >= 4 is 23.5 Å². The maximum Gasteiger partial charge on any atom is 0.338 e. The van der Waals surface area contributed by atoms with Crippen LogP contribution < -0.4 is 14.8 Å². The molecule has 0 unspecified atom stereocenters. The zero-order valence-electron chi connectivity index (χ0n) is 15.6. The quantitative estimate of drug-likeness (QED) is 0.792. The minimum Gasteiger partial charge on any atom is -0.486 e. The van der Waals surface area contributed by atoms with Gasteiger partial charge in [0, 0.05) is 25.3 Å². The zero-order valence-corrected chi connectivity index (χ0v) is 15.6. The van der Waals surface area contributed by atoms with Gasteiger partial charge >= 0.3 is 5.97 Å². The maximum atomic E-state index is 12.1. The van der Waals surface area contributed by atoms with Crippen LogP contribution in [0.4, 0.5) is 5.69 Å². The molecule has 2 amide bonds. The molecule has 0 saturated heterocycles. The Morgan fingerprint density at radius 3 is 2.29 bits per heavy atom. The van der Waals surface area contributed by atoms with Crippen molar-refractivity contribution in [3.63, 3.8) is 0 Å². The molecule has 0 atom stereocenters. The molecule has 1 aliphatic rings. The number of fused-ring (bicyclic) bond motifs is 1. The lowest BCUT2D eigenvalue weighted by molar-refractivity contribution is -0.119. The van der Waals surface area contributed by atoms with Crippen LogP contribution >= 0.6 is 0 Å². The van der Waals surface area contributed by atoms with Crippen LogP contribution in [-0.2, 0) is 9.53 Å². The predicted molar refractivity (Wildman–Crippen MR) is 101 cm³/mol. The van der Waals surface area contributed by atoms with E-state index in [-0.39, 0.29) is 11.5 Å². The van der Waals surface area contributed by atoms with E-state index in [9.17, 15) is 14.4 Å². The summed E-state index contributed by atoms with van der Waals surface area (Å²) in [7, 11) is 3.32. The molecular formula is C20H20N2O6. The number of amides is 2. The van der Waals surface area contributed by atoms with Crippen LogP contribution in [0.2, 0.25) is 0 Å². The predicted octanol–water partition coefficient (Wildman–Crippen LogP) is 1.96. The highest BCUT2D eigenvalue weighted by Crippen LogP contribution is 2.30. The van der Waals surface area contributed by atoms with Crippen LogP contribution in [0.25, 0.3) is 0 Å². The Kier molecular flexibility index (Phi) is 5.78. The SMILES string of the molecule is CN(C)C(=O)c1ccc(NC(=O)COC(=O)c2ccc3c(c2)OCCO3)cc1. The molecule has 28 heavy (non-hydrogen) atoms. The van der Waals surface area contributed by atoms with Crippen LogP contribution in [0.5, 0.6) is 11.5 Å². The van der Waals surface area contributed by atoms with Gasteiger partial charge < -0.3 is 24.4 Å². The fraction of sp³-hybridized carbons (Fsp3) is 0.250. The minimum atomic E-state index is -0.640. The average Bonchev–Trinajstić information content (AvgIpc) is 2.71. The normalized spacial score (nSPS) is 12.1. The summed E-state index contributed by atoms with van der Waals surface area (Å²) in [4.78, 5) is 37.4. The van der Waals surface area contributed by atoms with Crippen molar-refractivity contribution in [2.24, 2.45) is 0 Å². The lowest BCUT2D eigenvalue weighted by atomic mass is 10.2. The third-order valence-electron chi connectivity index (χ3n) is 3.93. The number of nitrogens with zero attached hydrogens (tertiary/aromatic N) is 1. The van der Waals surface area contributed by atoms with Crippen LogP contribution in [0.1, 0.15) is 20.7 Å². The summed E-state index contributed by atoms with van der Waals surface area (Å²) >= 11 is 0. The van der Waals surface area contributed by atoms with E-state index in [0.717, 1.165) is 0 Å². The Morgan fingerprint density at radius 1 is 0.964 bits per heavy atom. The first-order chi connectivity index (χ1) is 13.4. The number of carbonyl (C=O) groups excluding carboxylic acids is 3. The molecule has 8 heteroatoms. The van der Waals surface area contributed by atoms with Gasteiger partial charge in [-0.3, -0.25) is 9.59 Å². The van der Waals surface area contributed by atoms with Gasteiger partial charge in [0.15, 0.2) is 18.1 Å². The summed E-state index contributed by atoms with van der Waals surface area (Å²) in [6, 6.07) is 11.1. The molecule has 8 nitrogen and oxygen atoms in total. The summed E-state index contributed by atoms with van der Waals surface area (Å²) < 4.78 is 15.9. The van der Waals surface area contributed by atoms with Gasteiger partial charge in [-0.05, 0) is 42.5 Å². The van der Waals surface area contributed by atoms with Crippen molar-refractivity contribution in [3.05, 3.63) is 53.6 Å². The van der Waals surface area contributed by atoms with E-state index in [1.165, 1.54) is 11.0 Å². The van der Waals surface area contributed by atoms with Gasteiger partial charge in [0.05, 0.1) is 5.56 Å². The number of rotatable bonds is 5. The first-order valence-electron chi connectivity index (χ1n) is 8.62. The Labute approximate surface area is 162 Å². The molecule has 1 N–H and O–H groups in total. The van der Waals surface area contributed by atoms with Gasteiger partial charge in [-0.1, -0.05) is 0 Å². The maximum absolute atomic E-state index is 12.1. The number of benzene rings is 2. The minimum absolute atomic E-state index is 0.133. The van der Waals surface area contributed by atoms with Crippen LogP contribution in [0.15, 0.2) is 42.5 Å². The Balaban J connectivity index is 1.52. The Morgan fingerprint density at radius 2 is 1.61 bits per heavy atom. The molecule has 3 rings (SSSR count). The number of ether oxygens (including phenoxy) is 3. The Hall–Kier alpha value is -3.55. The zero-order chi connectivity index (χ0) is 20.1. The van der Waals surface area contributed by atoms with Crippen LogP contribution in [0, 0.1) is 0 Å². The van der Waals surface area contributed by atoms with E-state index < -0.39 is 18.5 Å². The number of carbonyl (C=O) groups is 3. The van der Waals surface area contributed by atoms with Gasteiger partial charge in [-0.15, -0.1) is 0 Å². The summed E-state index contributed by atoms with van der Waals surface area (Å²) in [5.74, 6) is -0.225. The van der Waals surface area contributed by atoms with Crippen molar-refractivity contribution in [1.29, 1.82) is 0 Å². The summed E-state index contributed by atoms with van der Waals surface area (Å²) in [5, 5.41) is 2.61. The molecule has 1 heterocycles. The fourth-order valence-corrected chi connectivity index (χ4v) is 2.54. The van der Waals surface area contributed by atoms with Gasteiger partial charge in [-0.2, -0.15) is 0 Å². The molecule has 0 aromatic heterocycles. The lowest BCUT2D eigenvalue weighted by Gasteiger charge is -2.18. The van der Waals surface area contributed by atoms with E-state index in [0.29, 0.717) is 36.0 Å². The molecule has 0 saturated carbocycles. The second-order valence-electron chi connectivity index (χ2n) is 6.26. The van der Waals surface area contributed by atoms with Crippen LogP contribution in [0.3, 0.4) is 0 Å². The molecule has 0 spiro atoms. The van der Waals surface area contributed by atoms with Gasteiger partial charge in [0.1, 0.15) is 13.2 Å². The molecule has 0 aliphatic carbocycles. The summed E-state index contributed by atoms with van der Waals surface area (Å²) in [6.45, 7) is 0.430. The highest BCUT2D eigenvalue weighted by atomic mass is 16.6. The first-order valence-corrected chi connectivity index (χ1v) is 8.62. The van der Waals surface area contributed by atoms with E-state index in [4.69, 9.17) is 14.2 Å². The largest absolute Gasteiger partial charge is 0.486 e. The van der Waals surface area contributed by atoms with Crippen molar-refractivity contribution in [1.82, 2.24) is 4.90 Å². The van der Waals surface area contributed by atoms with Crippen molar-refractivity contribution < 1.29 is 28.6 Å². The number of hydrogen-bond acceptors (Lipinski definition) is 6. The second kappa shape index (κ2) is 8.43. The number of nitrogens with one attached hydrogen (secondary N) is 1. The molecule has 146 valence electrons. The highest BCUT2D eigenvalue weighted by molar-refractivity contribution is 5.97. The molecule has 1 aliphatic heterocycles. The summed E-state index contributed by atoms with van der Waals surface area (Å²) in [5.41, 5.74) is 1.27. The van der Waals surface area contributed by atoms with E-state index in [1.807, 2.05) is 0 Å². The van der Waals surface area contributed by atoms with E-state index in [2.05, 4.69) is 5.32 Å². The third kappa shape index (κ3) is 4.59. The average molecular weight is 384 g/mol.